The van der Waals surface area contributed by atoms with Crippen molar-refractivity contribution < 1.29 is 9.90 Å². The van der Waals surface area contributed by atoms with E-state index in [0.29, 0.717) is 5.13 Å². The molecular formula is C12H14N2O2S2. The molecule has 0 aliphatic heterocycles. The lowest BCUT2D eigenvalue weighted by molar-refractivity contribution is -0.114. The smallest absolute Gasteiger partial charge is 0.223 e. The van der Waals surface area contributed by atoms with E-state index < -0.39 is 0 Å². The van der Waals surface area contributed by atoms with E-state index in [1.807, 2.05) is 17.5 Å². The zero-order valence-corrected chi connectivity index (χ0v) is 11.6. The minimum absolute atomic E-state index is 0.0956. The van der Waals surface area contributed by atoms with Crippen molar-refractivity contribution >= 4 is 33.7 Å². The summed E-state index contributed by atoms with van der Waals surface area (Å²) < 4.78 is 0. The van der Waals surface area contributed by atoms with E-state index in [1.54, 1.807) is 11.3 Å². The number of aliphatic hydroxyl groups excluding tert-OH is 1. The lowest BCUT2D eigenvalue weighted by atomic mass is 10.2. The second-order valence-corrected chi connectivity index (χ2v) is 5.96. The first-order valence-corrected chi connectivity index (χ1v) is 7.27. The lowest BCUT2D eigenvalue weighted by Gasteiger charge is -1.95. The molecule has 18 heavy (non-hydrogen) atoms. The van der Waals surface area contributed by atoms with Gasteiger partial charge in [-0.15, -0.1) is 22.7 Å². The van der Waals surface area contributed by atoms with Gasteiger partial charge in [-0.2, -0.15) is 0 Å². The highest BCUT2D eigenvalue weighted by molar-refractivity contribution is 7.14. The molecule has 0 spiro atoms. The number of amides is 1. The van der Waals surface area contributed by atoms with Gasteiger partial charge in [-0.1, -0.05) is 0 Å². The molecule has 0 bridgehead atoms. The summed E-state index contributed by atoms with van der Waals surface area (Å²) in [6.45, 7) is 1.58. The van der Waals surface area contributed by atoms with Crippen LogP contribution in [0.3, 0.4) is 0 Å². The zero-order valence-electron chi connectivity index (χ0n) is 9.97. The van der Waals surface area contributed by atoms with E-state index in [4.69, 9.17) is 5.11 Å². The second kappa shape index (κ2) is 6.08. The van der Waals surface area contributed by atoms with Crippen LogP contribution in [0.4, 0.5) is 5.13 Å². The summed E-state index contributed by atoms with van der Waals surface area (Å²) in [5.41, 5.74) is 0.989. The number of aliphatic hydroxyl groups is 1. The largest absolute Gasteiger partial charge is 0.391 e. The number of aryl methyl sites for hydroxylation is 2. The van der Waals surface area contributed by atoms with Crippen molar-refractivity contribution in [1.29, 1.82) is 0 Å². The Morgan fingerprint density at radius 2 is 2.17 bits per heavy atom. The van der Waals surface area contributed by atoms with E-state index in [2.05, 4.69) is 10.3 Å². The molecule has 2 aromatic heterocycles. The Kier molecular flexibility index (Phi) is 4.46. The molecule has 2 rings (SSSR count). The van der Waals surface area contributed by atoms with Crippen LogP contribution in [0.25, 0.3) is 0 Å². The topological polar surface area (TPSA) is 62.2 Å². The van der Waals surface area contributed by atoms with Crippen LogP contribution in [-0.4, -0.2) is 16.0 Å². The molecule has 96 valence electrons. The van der Waals surface area contributed by atoms with E-state index in [9.17, 15) is 4.79 Å². The third-order valence-corrected chi connectivity index (χ3v) is 4.27. The molecule has 0 aliphatic rings. The van der Waals surface area contributed by atoms with Gasteiger partial charge in [0.1, 0.15) is 0 Å². The summed E-state index contributed by atoms with van der Waals surface area (Å²) in [5.74, 6) is -0.0956. The minimum atomic E-state index is -0.0956. The van der Waals surface area contributed by atoms with E-state index in [0.717, 1.165) is 23.4 Å². The van der Waals surface area contributed by atoms with Gasteiger partial charge in [-0.25, -0.2) is 4.98 Å². The first-order chi connectivity index (χ1) is 8.67. The highest BCUT2D eigenvalue weighted by Crippen LogP contribution is 2.20. The molecule has 0 saturated carbocycles. The normalized spacial score (nSPS) is 10.6. The first-order valence-electron chi connectivity index (χ1n) is 5.58. The number of rotatable bonds is 5. The van der Waals surface area contributed by atoms with Crippen molar-refractivity contribution in [3.8, 4) is 0 Å². The Morgan fingerprint density at radius 1 is 1.39 bits per heavy atom. The first kappa shape index (κ1) is 13.2. The average Bonchev–Trinajstić information content (AvgIpc) is 2.94. The molecule has 0 unspecified atom stereocenters. The van der Waals surface area contributed by atoms with Crippen LogP contribution in [0.1, 0.15) is 22.4 Å². The number of thiazole rings is 1. The average molecular weight is 282 g/mol. The van der Waals surface area contributed by atoms with Gasteiger partial charge in [0, 0.05) is 22.1 Å². The van der Waals surface area contributed by atoms with E-state index >= 15 is 0 Å². The molecule has 0 fully saturated rings. The molecule has 0 saturated heterocycles. The van der Waals surface area contributed by atoms with Crippen molar-refractivity contribution in [2.75, 3.05) is 5.32 Å². The number of carbonyl (C=O) groups is 1. The number of carbonyl (C=O) groups excluding carboxylic acids is 1. The van der Waals surface area contributed by atoms with Gasteiger partial charge in [0.05, 0.1) is 12.3 Å². The number of aromatic nitrogens is 1. The maximum atomic E-state index is 10.9. The molecule has 4 nitrogen and oxygen atoms in total. The highest BCUT2D eigenvalue weighted by atomic mass is 32.1. The monoisotopic (exact) mass is 282 g/mol. The minimum Gasteiger partial charge on any atom is -0.391 e. The number of thiophene rings is 1. The molecule has 2 heterocycles. The van der Waals surface area contributed by atoms with E-state index in [1.165, 1.54) is 23.1 Å². The van der Waals surface area contributed by atoms with Crippen molar-refractivity contribution in [2.24, 2.45) is 0 Å². The van der Waals surface area contributed by atoms with Crippen LogP contribution in [0, 0.1) is 0 Å². The molecule has 2 N–H and O–H groups in total. The maximum absolute atomic E-state index is 10.9. The van der Waals surface area contributed by atoms with Crippen LogP contribution in [0.5, 0.6) is 0 Å². The van der Waals surface area contributed by atoms with Crippen LogP contribution in [-0.2, 0) is 24.2 Å². The van der Waals surface area contributed by atoms with Crippen molar-refractivity contribution in [2.45, 2.75) is 26.4 Å². The van der Waals surface area contributed by atoms with Gasteiger partial charge in [-0.3, -0.25) is 4.79 Å². The third kappa shape index (κ3) is 3.63. The fourth-order valence-electron chi connectivity index (χ4n) is 1.52. The van der Waals surface area contributed by atoms with Crippen LogP contribution in [0.15, 0.2) is 17.5 Å². The molecular weight excluding hydrogens is 268 g/mol. The Bertz CT molecular complexity index is 534. The predicted octanol–water partition coefficient (Wildman–Crippen LogP) is 2.44. The van der Waals surface area contributed by atoms with Crippen LogP contribution >= 0.6 is 22.7 Å². The number of hydrogen-bond acceptors (Lipinski definition) is 5. The summed E-state index contributed by atoms with van der Waals surface area (Å²) in [7, 11) is 0. The van der Waals surface area contributed by atoms with Gasteiger partial charge < -0.3 is 10.4 Å². The number of hydrogen-bond donors (Lipinski definition) is 2. The van der Waals surface area contributed by atoms with Gasteiger partial charge in [0.25, 0.3) is 0 Å². The molecule has 0 aromatic carbocycles. The Balaban J connectivity index is 1.89. The van der Waals surface area contributed by atoms with Crippen molar-refractivity contribution in [1.82, 2.24) is 4.98 Å². The number of nitrogens with zero attached hydrogens (tertiary/aromatic N) is 1. The zero-order chi connectivity index (χ0) is 13.0. The fourth-order valence-corrected chi connectivity index (χ4v) is 3.19. The summed E-state index contributed by atoms with van der Waals surface area (Å²) in [6, 6.07) is 3.99. The molecule has 6 heteroatoms. The van der Waals surface area contributed by atoms with E-state index in [-0.39, 0.29) is 12.5 Å². The van der Waals surface area contributed by atoms with Gasteiger partial charge >= 0.3 is 0 Å². The van der Waals surface area contributed by atoms with Gasteiger partial charge in [0.2, 0.25) is 5.91 Å². The maximum Gasteiger partial charge on any atom is 0.223 e. The summed E-state index contributed by atoms with van der Waals surface area (Å²) >= 11 is 3.07. The third-order valence-electron chi connectivity index (χ3n) is 2.34. The van der Waals surface area contributed by atoms with Crippen molar-refractivity contribution in [3.05, 3.63) is 33.0 Å². The van der Waals surface area contributed by atoms with Crippen LogP contribution in [0.2, 0.25) is 0 Å². The van der Waals surface area contributed by atoms with Crippen LogP contribution < -0.4 is 5.32 Å². The highest BCUT2D eigenvalue weighted by Gasteiger charge is 2.05. The standard InChI is InChI=1S/C12H14N2O2S2/c1-8(16)13-12-14-9(7-17-12)2-3-10-4-5-11(6-15)18-10/h4-5,7,15H,2-3,6H2,1H3,(H,13,14,16). The van der Waals surface area contributed by atoms with Gasteiger partial charge in [-0.05, 0) is 25.0 Å². The quantitative estimate of drug-likeness (QED) is 0.885. The summed E-state index contributed by atoms with van der Waals surface area (Å²) in [6.07, 6.45) is 1.76. The summed E-state index contributed by atoms with van der Waals surface area (Å²) in [5, 5.41) is 14.3. The van der Waals surface area contributed by atoms with Crippen molar-refractivity contribution in [3.63, 3.8) is 0 Å². The summed E-state index contributed by atoms with van der Waals surface area (Å²) in [4.78, 5) is 17.4. The predicted molar refractivity (Wildman–Crippen MR) is 74.1 cm³/mol. The Hall–Kier alpha value is -1.24. The Morgan fingerprint density at radius 3 is 2.83 bits per heavy atom. The number of anilines is 1. The molecule has 0 aliphatic carbocycles. The van der Waals surface area contributed by atoms with Gasteiger partial charge in [0.15, 0.2) is 5.13 Å². The molecule has 1 amide bonds. The molecule has 2 aromatic rings. The molecule has 0 atom stereocenters. The number of nitrogens with one attached hydrogen (secondary N) is 1. The second-order valence-electron chi connectivity index (χ2n) is 3.85. The Labute approximate surface area is 113 Å². The lowest BCUT2D eigenvalue weighted by Crippen LogP contribution is -2.05. The SMILES string of the molecule is CC(=O)Nc1nc(CCc2ccc(CO)s2)cs1. The molecule has 0 radical (unpaired) electrons. The fraction of sp³-hybridized carbons (Fsp3) is 0.333.